The number of aromatic nitrogens is 1. The average molecular weight is 207 g/mol. The van der Waals surface area contributed by atoms with Crippen molar-refractivity contribution < 1.29 is 4.79 Å². The number of carbonyl (C=O) groups excluding carboxylic acids is 1. The Bertz CT molecular complexity index is 338. The highest BCUT2D eigenvalue weighted by Gasteiger charge is 2.16. The predicted molar refractivity (Wildman–Crippen MR) is 60.5 cm³/mol. The molecule has 0 fully saturated rings. The van der Waals surface area contributed by atoms with Crippen molar-refractivity contribution in [1.82, 2.24) is 4.98 Å². The second-order valence-electron chi connectivity index (χ2n) is 4.43. The summed E-state index contributed by atoms with van der Waals surface area (Å²) in [5.41, 5.74) is 6.30. The molecule has 0 saturated carbocycles. The van der Waals surface area contributed by atoms with Gasteiger partial charge < -0.3 is 11.1 Å². The van der Waals surface area contributed by atoms with Crippen molar-refractivity contribution in [2.45, 2.75) is 32.7 Å². The van der Waals surface area contributed by atoms with Crippen molar-refractivity contribution in [2.24, 2.45) is 5.73 Å². The summed E-state index contributed by atoms with van der Waals surface area (Å²) in [4.78, 5) is 15.6. The highest BCUT2D eigenvalue weighted by atomic mass is 16.1. The van der Waals surface area contributed by atoms with Crippen LogP contribution in [0.4, 0.5) is 5.82 Å². The van der Waals surface area contributed by atoms with E-state index in [-0.39, 0.29) is 12.3 Å². The van der Waals surface area contributed by atoms with Crippen LogP contribution in [0.15, 0.2) is 18.3 Å². The van der Waals surface area contributed by atoms with Crippen LogP contribution in [0.25, 0.3) is 0 Å². The molecule has 0 aliphatic rings. The Morgan fingerprint density at radius 2 is 2.20 bits per heavy atom. The van der Waals surface area contributed by atoms with E-state index in [9.17, 15) is 4.79 Å². The first-order valence-corrected chi connectivity index (χ1v) is 4.88. The lowest BCUT2D eigenvalue weighted by Crippen LogP contribution is -2.36. The van der Waals surface area contributed by atoms with Gasteiger partial charge in [0.1, 0.15) is 5.82 Å². The van der Waals surface area contributed by atoms with E-state index in [1.54, 1.807) is 12.3 Å². The third-order valence-corrected chi connectivity index (χ3v) is 1.80. The van der Waals surface area contributed by atoms with Crippen molar-refractivity contribution in [2.75, 3.05) is 5.32 Å². The molecule has 0 aromatic carbocycles. The van der Waals surface area contributed by atoms with Gasteiger partial charge in [-0.3, -0.25) is 4.79 Å². The first-order valence-electron chi connectivity index (χ1n) is 4.88. The lowest BCUT2D eigenvalue weighted by Gasteiger charge is -2.17. The van der Waals surface area contributed by atoms with E-state index in [4.69, 9.17) is 5.73 Å². The van der Waals surface area contributed by atoms with Crippen molar-refractivity contribution in [1.29, 1.82) is 0 Å². The van der Waals surface area contributed by atoms with Crippen molar-refractivity contribution in [3.05, 3.63) is 23.9 Å². The molecule has 4 nitrogen and oxygen atoms in total. The third kappa shape index (κ3) is 4.56. The molecule has 0 aliphatic heterocycles. The van der Waals surface area contributed by atoms with Crippen LogP contribution < -0.4 is 11.1 Å². The zero-order chi connectivity index (χ0) is 11.5. The molecule has 3 N–H and O–H groups in total. The Labute approximate surface area is 89.9 Å². The summed E-state index contributed by atoms with van der Waals surface area (Å²) in [5, 5.41) is 2.70. The second-order valence-corrected chi connectivity index (χ2v) is 4.43. The SMILES string of the molecule is Cc1ccc(NC(=O)CC(C)(C)N)nc1. The van der Waals surface area contributed by atoms with Crippen LogP contribution >= 0.6 is 0 Å². The van der Waals surface area contributed by atoms with E-state index in [2.05, 4.69) is 10.3 Å². The molecule has 1 rings (SSSR count). The van der Waals surface area contributed by atoms with E-state index in [1.165, 1.54) is 0 Å². The standard InChI is InChI=1S/C11H17N3O/c1-8-4-5-9(13-7-8)14-10(15)6-11(2,3)12/h4-5,7H,6,12H2,1-3H3,(H,13,14,15). The molecule has 15 heavy (non-hydrogen) atoms. The average Bonchev–Trinajstić information content (AvgIpc) is 2.05. The number of carbonyl (C=O) groups is 1. The number of nitrogens with two attached hydrogens (primary N) is 1. The Balaban J connectivity index is 2.55. The van der Waals surface area contributed by atoms with E-state index < -0.39 is 5.54 Å². The predicted octanol–water partition coefficient (Wildman–Crippen LogP) is 1.46. The summed E-state index contributed by atoms with van der Waals surface area (Å²) in [6, 6.07) is 3.67. The van der Waals surface area contributed by atoms with E-state index >= 15 is 0 Å². The van der Waals surface area contributed by atoms with Gasteiger partial charge in [0, 0.05) is 18.2 Å². The van der Waals surface area contributed by atoms with Crippen LogP contribution in [0.3, 0.4) is 0 Å². The number of aryl methyl sites for hydroxylation is 1. The highest BCUT2D eigenvalue weighted by Crippen LogP contribution is 2.08. The minimum Gasteiger partial charge on any atom is -0.325 e. The Hall–Kier alpha value is -1.42. The summed E-state index contributed by atoms with van der Waals surface area (Å²) in [7, 11) is 0. The zero-order valence-electron chi connectivity index (χ0n) is 9.37. The summed E-state index contributed by atoms with van der Waals surface area (Å²) in [6.07, 6.45) is 1.99. The van der Waals surface area contributed by atoms with Crippen molar-refractivity contribution in [3.63, 3.8) is 0 Å². The molecule has 0 bridgehead atoms. The summed E-state index contributed by atoms with van der Waals surface area (Å²) < 4.78 is 0. The molecule has 0 radical (unpaired) electrons. The Kier molecular flexibility index (Phi) is 3.42. The van der Waals surface area contributed by atoms with E-state index in [0.717, 1.165) is 5.56 Å². The molecular weight excluding hydrogens is 190 g/mol. The van der Waals surface area contributed by atoms with Crippen LogP contribution in [0.2, 0.25) is 0 Å². The van der Waals surface area contributed by atoms with Gasteiger partial charge in [-0.15, -0.1) is 0 Å². The molecule has 0 spiro atoms. The van der Waals surface area contributed by atoms with Gasteiger partial charge in [-0.05, 0) is 32.4 Å². The molecule has 1 heterocycles. The smallest absolute Gasteiger partial charge is 0.227 e. The Morgan fingerprint density at radius 3 is 2.67 bits per heavy atom. The molecule has 82 valence electrons. The fourth-order valence-corrected chi connectivity index (χ4v) is 1.14. The largest absolute Gasteiger partial charge is 0.325 e. The van der Waals surface area contributed by atoms with E-state index in [0.29, 0.717) is 5.82 Å². The quantitative estimate of drug-likeness (QED) is 0.788. The minimum atomic E-state index is -0.491. The number of amides is 1. The van der Waals surface area contributed by atoms with Gasteiger partial charge in [-0.1, -0.05) is 6.07 Å². The number of hydrogen-bond acceptors (Lipinski definition) is 3. The molecule has 0 atom stereocenters. The van der Waals surface area contributed by atoms with Crippen LogP contribution in [-0.4, -0.2) is 16.4 Å². The van der Waals surface area contributed by atoms with Crippen molar-refractivity contribution >= 4 is 11.7 Å². The maximum Gasteiger partial charge on any atom is 0.227 e. The number of nitrogens with zero attached hydrogens (tertiary/aromatic N) is 1. The highest BCUT2D eigenvalue weighted by molar-refractivity contribution is 5.90. The van der Waals surface area contributed by atoms with Gasteiger partial charge in [0.05, 0.1) is 0 Å². The molecule has 0 aliphatic carbocycles. The van der Waals surface area contributed by atoms with Gasteiger partial charge >= 0.3 is 0 Å². The molecule has 1 aromatic rings. The second kappa shape index (κ2) is 4.40. The molecule has 0 saturated heterocycles. The Morgan fingerprint density at radius 1 is 1.53 bits per heavy atom. The number of anilines is 1. The third-order valence-electron chi connectivity index (χ3n) is 1.80. The van der Waals surface area contributed by atoms with Crippen molar-refractivity contribution in [3.8, 4) is 0 Å². The van der Waals surface area contributed by atoms with Gasteiger partial charge in [0.15, 0.2) is 0 Å². The summed E-state index contributed by atoms with van der Waals surface area (Å²) >= 11 is 0. The van der Waals surface area contributed by atoms with Gasteiger partial charge in [0.25, 0.3) is 0 Å². The molecule has 1 amide bonds. The first-order chi connectivity index (χ1) is 6.87. The normalized spacial score (nSPS) is 11.2. The fourth-order valence-electron chi connectivity index (χ4n) is 1.14. The van der Waals surface area contributed by atoms with Gasteiger partial charge in [-0.25, -0.2) is 4.98 Å². The molecule has 1 aromatic heterocycles. The number of rotatable bonds is 3. The number of pyridine rings is 1. The lowest BCUT2D eigenvalue weighted by molar-refractivity contribution is -0.117. The van der Waals surface area contributed by atoms with Crippen LogP contribution in [0.5, 0.6) is 0 Å². The topological polar surface area (TPSA) is 68.0 Å². The molecular formula is C11H17N3O. The van der Waals surface area contributed by atoms with Gasteiger partial charge in [-0.2, -0.15) is 0 Å². The zero-order valence-corrected chi connectivity index (χ0v) is 9.37. The monoisotopic (exact) mass is 207 g/mol. The number of nitrogens with one attached hydrogen (secondary N) is 1. The lowest BCUT2D eigenvalue weighted by atomic mass is 10.0. The number of hydrogen-bond donors (Lipinski definition) is 2. The maximum atomic E-state index is 11.5. The molecule has 0 unspecified atom stereocenters. The van der Waals surface area contributed by atoms with Crippen LogP contribution in [-0.2, 0) is 4.79 Å². The summed E-state index contributed by atoms with van der Waals surface area (Å²) in [6.45, 7) is 5.58. The van der Waals surface area contributed by atoms with Gasteiger partial charge in [0.2, 0.25) is 5.91 Å². The minimum absolute atomic E-state index is 0.112. The summed E-state index contributed by atoms with van der Waals surface area (Å²) in [5.74, 6) is 0.453. The first kappa shape index (κ1) is 11.7. The van der Waals surface area contributed by atoms with E-state index in [1.807, 2.05) is 26.8 Å². The van der Waals surface area contributed by atoms with Crippen LogP contribution in [0.1, 0.15) is 25.8 Å². The molecule has 4 heteroatoms. The van der Waals surface area contributed by atoms with Crippen LogP contribution in [0, 0.1) is 6.92 Å². The maximum absolute atomic E-state index is 11.5. The fraction of sp³-hybridized carbons (Fsp3) is 0.455.